The van der Waals surface area contributed by atoms with Crippen molar-refractivity contribution in [2.75, 3.05) is 0 Å². The molecule has 2 aromatic rings. The van der Waals surface area contributed by atoms with Crippen LogP contribution in [0.3, 0.4) is 0 Å². The van der Waals surface area contributed by atoms with E-state index in [9.17, 15) is 44.4 Å². The Bertz CT molecular complexity index is 1070. The standard InChI is InChI=1S/C18H11F9O3P/c1-14(16(19,20)21)10-6-2-4-8-12(10)31(28,29-14)13-9-5-3-7-11(13)15(30-31,17(22,23)24)18(25,26)27/h2-9H,1H3/q-1/t14-/m1/s1. The van der Waals surface area contributed by atoms with E-state index >= 15 is 0 Å². The predicted octanol–water partition coefficient (Wildman–Crippen LogP) is 4.45. The van der Waals surface area contributed by atoms with Crippen LogP contribution in [0.2, 0.25) is 0 Å². The van der Waals surface area contributed by atoms with Gasteiger partial charge in [0.05, 0.1) is 0 Å². The number of hydrogen-bond donors (Lipinski definition) is 0. The zero-order valence-corrected chi connectivity index (χ0v) is 16.1. The van der Waals surface area contributed by atoms with E-state index < -0.39 is 58.8 Å². The van der Waals surface area contributed by atoms with Crippen molar-refractivity contribution in [1.29, 1.82) is 0 Å². The van der Waals surface area contributed by atoms with Crippen LogP contribution >= 0.6 is 7.28 Å². The molecule has 0 amide bonds. The Morgan fingerprint density at radius 2 is 1.10 bits per heavy atom. The quantitative estimate of drug-likeness (QED) is 0.416. The van der Waals surface area contributed by atoms with E-state index in [0.717, 1.165) is 36.4 Å². The van der Waals surface area contributed by atoms with Gasteiger partial charge in [-0.25, -0.2) is 0 Å². The number of hydrogen-bond acceptors (Lipinski definition) is 3. The first kappa shape index (κ1) is 22.3. The molecule has 0 N–H and O–H groups in total. The molecule has 2 aliphatic heterocycles. The van der Waals surface area contributed by atoms with Gasteiger partial charge in [-0.05, 0) is 0 Å². The fraction of sp³-hybridized carbons (Fsp3) is 0.333. The number of alkyl halides is 9. The maximum absolute atomic E-state index is 14.3. The van der Waals surface area contributed by atoms with Gasteiger partial charge >= 0.3 is 168 Å². The second-order valence-corrected chi connectivity index (χ2v) is 10.4. The summed E-state index contributed by atoms with van der Waals surface area (Å²) in [6.45, 7) is 0.373. The van der Waals surface area contributed by atoms with Crippen molar-refractivity contribution >= 4 is 17.9 Å². The van der Waals surface area contributed by atoms with Crippen molar-refractivity contribution in [3.63, 3.8) is 0 Å². The molecule has 0 radical (unpaired) electrons. The predicted molar refractivity (Wildman–Crippen MR) is 88.4 cm³/mol. The van der Waals surface area contributed by atoms with Gasteiger partial charge in [-0.3, -0.25) is 0 Å². The molecule has 2 aromatic carbocycles. The molecule has 0 saturated heterocycles. The molecule has 170 valence electrons. The minimum absolute atomic E-state index is 0.366. The molecule has 13 heteroatoms. The Morgan fingerprint density at radius 3 is 1.55 bits per heavy atom. The van der Waals surface area contributed by atoms with Gasteiger partial charge in [0.2, 0.25) is 0 Å². The molecule has 0 unspecified atom stereocenters. The van der Waals surface area contributed by atoms with Crippen LogP contribution in [0.5, 0.6) is 0 Å². The molecule has 2 aliphatic rings. The Hall–Kier alpha value is -1.88. The summed E-state index contributed by atoms with van der Waals surface area (Å²) >= 11 is 0. The normalized spacial score (nSPS) is 27.4. The Balaban J connectivity index is 2.17. The summed E-state index contributed by atoms with van der Waals surface area (Å²) in [4.78, 5) is 14.3. The van der Waals surface area contributed by atoms with Crippen LogP contribution in [0.4, 0.5) is 39.5 Å². The number of fused-ring (bicyclic) bond motifs is 4. The summed E-state index contributed by atoms with van der Waals surface area (Å²) in [6, 6.07) is 6.27. The third kappa shape index (κ3) is 2.42. The number of halogens is 9. The van der Waals surface area contributed by atoms with E-state index in [4.69, 9.17) is 4.52 Å². The van der Waals surface area contributed by atoms with E-state index in [0.29, 0.717) is 19.1 Å². The first-order chi connectivity index (χ1) is 13.9. The van der Waals surface area contributed by atoms with Gasteiger partial charge in [-0.1, -0.05) is 0 Å². The molecule has 1 atom stereocenters. The first-order valence-electron chi connectivity index (χ1n) is 8.51. The average molecular weight is 477 g/mol. The van der Waals surface area contributed by atoms with Crippen molar-refractivity contribution in [2.45, 2.75) is 36.7 Å². The molecule has 0 aliphatic carbocycles. The third-order valence-electron chi connectivity index (χ3n) is 5.52. The van der Waals surface area contributed by atoms with Gasteiger partial charge in [0.1, 0.15) is 0 Å². The van der Waals surface area contributed by atoms with E-state index in [1.807, 2.05) is 0 Å². The Morgan fingerprint density at radius 1 is 0.677 bits per heavy atom. The third-order valence-corrected chi connectivity index (χ3v) is 9.27. The van der Waals surface area contributed by atoms with E-state index in [1.165, 1.54) is 0 Å². The first-order valence-corrected chi connectivity index (χ1v) is 10.5. The second-order valence-electron chi connectivity index (χ2n) is 7.31. The molecule has 4 rings (SSSR count). The maximum atomic E-state index is 14.3. The molecule has 0 fully saturated rings. The van der Waals surface area contributed by atoms with Crippen LogP contribution in [0.25, 0.3) is 0 Å². The summed E-state index contributed by atoms with van der Waals surface area (Å²) < 4.78 is 135. The molecule has 0 saturated carbocycles. The Labute approximate surface area is 168 Å². The molecule has 31 heavy (non-hydrogen) atoms. The monoisotopic (exact) mass is 477 g/mol. The van der Waals surface area contributed by atoms with E-state index in [-0.39, 0.29) is 0 Å². The van der Waals surface area contributed by atoms with Crippen molar-refractivity contribution in [1.82, 2.24) is 0 Å². The van der Waals surface area contributed by atoms with Crippen LogP contribution in [0.15, 0.2) is 48.5 Å². The summed E-state index contributed by atoms with van der Waals surface area (Å²) in [6.07, 6.45) is -17.8. The fourth-order valence-electron chi connectivity index (χ4n) is 4.12. The molecule has 0 bridgehead atoms. The number of benzene rings is 2. The molecule has 1 spiro atoms. The van der Waals surface area contributed by atoms with Gasteiger partial charge in [-0.2, -0.15) is 0 Å². The van der Waals surface area contributed by atoms with Gasteiger partial charge in [0, 0.05) is 0 Å². The van der Waals surface area contributed by atoms with Crippen LogP contribution < -0.4 is 15.5 Å². The van der Waals surface area contributed by atoms with Crippen LogP contribution in [0, 0.1) is 0 Å². The number of rotatable bonds is 0. The molecule has 0 aromatic heterocycles. The van der Waals surface area contributed by atoms with Gasteiger partial charge in [-0.15, -0.1) is 0 Å². The zero-order chi connectivity index (χ0) is 23.3. The van der Waals surface area contributed by atoms with E-state index in [1.54, 1.807) is 0 Å². The van der Waals surface area contributed by atoms with Gasteiger partial charge in [0.15, 0.2) is 0 Å². The topological polar surface area (TPSA) is 41.5 Å². The van der Waals surface area contributed by atoms with Gasteiger partial charge < -0.3 is 0 Å². The van der Waals surface area contributed by atoms with E-state index in [2.05, 4.69) is 4.52 Å². The van der Waals surface area contributed by atoms with Crippen molar-refractivity contribution in [2.24, 2.45) is 0 Å². The van der Waals surface area contributed by atoms with Crippen molar-refractivity contribution in [3.8, 4) is 0 Å². The van der Waals surface area contributed by atoms with Crippen molar-refractivity contribution < 1.29 is 53.5 Å². The SMILES string of the molecule is C[C@@]1(C(F)(F)F)OP2([O-])(OC(C(F)(F)F)(C(F)(F)F)c3ccccc32)c2ccccc21. The summed E-state index contributed by atoms with van der Waals surface area (Å²) in [5.41, 5.74) is -11.2. The zero-order valence-electron chi connectivity index (χ0n) is 15.2. The average Bonchev–Trinajstić information content (AvgIpc) is 3.01. The minimum atomic E-state index is -6.84. The summed E-state index contributed by atoms with van der Waals surface area (Å²) in [5, 5.41) is -2.25. The van der Waals surface area contributed by atoms with Gasteiger partial charge in [0.25, 0.3) is 0 Å². The molecular weight excluding hydrogens is 466 g/mol. The Kier molecular flexibility index (Phi) is 4.12. The molecule has 2 heterocycles. The van der Waals surface area contributed by atoms with Crippen LogP contribution in [0.1, 0.15) is 18.1 Å². The van der Waals surface area contributed by atoms with Crippen LogP contribution in [-0.4, -0.2) is 18.5 Å². The molecule has 3 nitrogen and oxygen atoms in total. The van der Waals surface area contributed by atoms with Crippen molar-refractivity contribution in [3.05, 3.63) is 59.7 Å². The second kappa shape index (κ2) is 5.72. The molecular formula is C18H11F9O3P-. The fourth-order valence-corrected chi connectivity index (χ4v) is 8.51. The summed E-state index contributed by atoms with van der Waals surface area (Å²) in [7, 11) is -6.84. The summed E-state index contributed by atoms with van der Waals surface area (Å²) in [5.74, 6) is 0. The van der Waals surface area contributed by atoms with Crippen LogP contribution in [-0.2, 0) is 20.2 Å².